The van der Waals surface area contributed by atoms with Gasteiger partial charge < -0.3 is 20.8 Å². The lowest BCUT2D eigenvalue weighted by Crippen LogP contribution is -2.53. The highest BCUT2D eigenvalue weighted by Gasteiger charge is 2.35. The van der Waals surface area contributed by atoms with Gasteiger partial charge in [0.15, 0.2) is 5.13 Å². The van der Waals surface area contributed by atoms with Gasteiger partial charge >= 0.3 is 0 Å². The van der Waals surface area contributed by atoms with Gasteiger partial charge in [0, 0.05) is 19.0 Å². The summed E-state index contributed by atoms with van der Waals surface area (Å²) in [6.45, 7) is 1.77. The molecule has 2 amide bonds. The number of hydrogen-bond acceptors (Lipinski definition) is 8. The Hall–Kier alpha value is -3.32. The number of thiazole rings is 1. The summed E-state index contributed by atoms with van der Waals surface area (Å²) in [7, 11) is -2.23. The monoisotopic (exact) mass is 560 g/mol. The second-order valence-corrected chi connectivity index (χ2v) is 11.8. The summed E-state index contributed by atoms with van der Waals surface area (Å²) in [4.78, 5) is 29.8. The van der Waals surface area contributed by atoms with Crippen LogP contribution in [0.25, 0.3) is 0 Å². The van der Waals surface area contributed by atoms with Crippen LogP contribution >= 0.6 is 11.3 Å². The van der Waals surface area contributed by atoms with Crippen LogP contribution in [0, 0.1) is 5.92 Å². The number of benzene rings is 2. The minimum atomic E-state index is -3.56. The van der Waals surface area contributed by atoms with E-state index in [0.29, 0.717) is 0 Å². The first kappa shape index (κ1) is 29.2. The molecule has 1 heterocycles. The average Bonchev–Trinajstić information content (AvgIpc) is 3.40. The number of aliphatic hydroxyl groups is 2. The van der Waals surface area contributed by atoms with Crippen LogP contribution in [0.3, 0.4) is 0 Å². The summed E-state index contributed by atoms with van der Waals surface area (Å²) in [5.74, 6) is -2.07. The van der Waals surface area contributed by atoms with Crippen molar-refractivity contribution in [1.82, 2.24) is 15.6 Å². The fourth-order valence-corrected chi connectivity index (χ4v) is 5.19. The highest BCUT2D eigenvalue weighted by molar-refractivity contribution is 7.92. The number of rotatable bonds is 12. The van der Waals surface area contributed by atoms with Crippen LogP contribution < -0.4 is 14.9 Å². The van der Waals surface area contributed by atoms with E-state index < -0.39 is 46.0 Å². The van der Waals surface area contributed by atoms with Gasteiger partial charge in [0.2, 0.25) is 15.9 Å². The maximum Gasteiger partial charge on any atom is 0.271 e. The zero-order chi connectivity index (χ0) is 27.9. The first-order valence-electron chi connectivity index (χ1n) is 11.9. The number of hydrogen-bond donors (Lipinski definition) is 4. The topological polar surface area (TPSA) is 149 Å². The Kier molecular flexibility index (Phi) is 9.97. The summed E-state index contributed by atoms with van der Waals surface area (Å²) in [6, 6.07) is 17.4. The van der Waals surface area contributed by atoms with Gasteiger partial charge in [0.05, 0.1) is 24.3 Å². The van der Waals surface area contributed by atoms with Crippen LogP contribution in [-0.4, -0.2) is 67.0 Å². The molecule has 0 radical (unpaired) electrons. The van der Waals surface area contributed by atoms with E-state index in [9.17, 15) is 28.2 Å². The van der Waals surface area contributed by atoms with Crippen LogP contribution in [0.5, 0.6) is 0 Å². The van der Waals surface area contributed by atoms with Crippen molar-refractivity contribution in [2.24, 2.45) is 5.92 Å². The van der Waals surface area contributed by atoms with Crippen molar-refractivity contribution in [3.05, 3.63) is 82.9 Å². The molecule has 10 nitrogen and oxygen atoms in total. The van der Waals surface area contributed by atoms with Crippen molar-refractivity contribution in [3.63, 3.8) is 0 Å². The third-order valence-electron chi connectivity index (χ3n) is 6.10. The van der Waals surface area contributed by atoms with E-state index in [1.165, 1.54) is 19.4 Å². The molecule has 38 heavy (non-hydrogen) atoms. The molecule has 0 saturated carbocycles. The standard InChI is InChI=1S/C26H32N4O6S2/c1-17(24(33)27-15-19-12-8-5-9-13-19)22(31)23(32)20(14-18-10-6-4-7-11-18)28-25(34)21-16-37-26(29-21)30(2)38(3,35)36/h4-13,16-17,20,22-23,31-32H,14-15H2,1-3H3,(H,27,33)(H,28,34). The summed E-state index contributed by atoms with van der Waals surface area (Å²) in [5, 5.41) is 29.0. The van der Waals surface area contributed by atoms with Crippen molar-refractivity contribution in [3.8, 4) is 0 Å². The minimum Gasteiger partial charge on any atom is -0.390 e. The molecule has 0 fully saturated rings. The molecule has 2 aromatic carbocycles. The predicted molar refractivity (Wildman–Crippen MR) is 146 cm³/mol. The zero-order valence-electron chi connectivity index (χ0n) is 21.3. The number of carbonyl (C=O) groups excluding carboxylic acids is 2. The number of aliphatic hydroxyl groups excluding tert-OH is 2. The first-order valence-corrected chi connectivity index (χ1v) is 14.6. The van der Waals surface area contributed by atoms with E-state index in [1.807, 2.05) is 60.7 Å². The van der Waals surface area contributed by atoms with Gasteiger partial charge in [-0.25, -0.2) is 17.7 Å². The molecule has 0 aliphatic rings. The summed E-state index contributed by atoms with van der Waals surface area (Å²) >= 11 is 0.981. The van der Waals surface area contributed by atoms with Gasteiger partial charge in [-0.15, -0.1) is 11.3 Å². The number of nitrogens with zero attached hydrogens (tertiary/aromatic N) is 2. The molecule has 4 unspecified atom stereocenters. The Bertz CT molecular complexity index is 1320. The molecule has 0 bridgehead atoms. The van der Waals surface area contributed by atoms with Crippen LogP contribution in [0.15, 0.2) is 66.0 Å². The molecular weight excluding hydrogens is 528 g/mol. The fraction of sp³-hybridized carbons (Fsp3) is 0.346. The van der Waals surface area contributed by atoms with E-state index >= 15 is 0 Å². The Labute approximate surface area is 226 Å². The van der Waals surface area contributed by atoms with Gasteiger partial charge in [0.25, 0.3) is 5.91 Å². The number of amides is 2. The molecule has 3 rings (SSSR count). The SMILES string of the molecule is CC(C(=O)NCc1ccccc1)C(O)C(O)C(Cc1ccccc1)NC(=O)c1csc(N(C)S(C)(=O)=O)n1. The Balaban J connectivity index is 1.73. The molecule has 4 atom stereocenters. The molecule has 204 valence electrons. The van der Waals surface area contributed by atoms with E-state index in [0.717, 1.165) is 33.0 Å². The van der Waals surface area contributed by atoms with Crippen LogP contribution in [0.4, 0.5) is 5.13 Å². The predicted octanol–water partition coefficient (Wildman–Crippen LogP) is 1.55. The van der Waals surface area contributed by atoms with Crippen LogP contribution in [0.1, 0.15) is 28.5 Å². The van der Waals surface area contributed by atoms with Crippen LogP contribution in [-0.2, 0) is 27.8 Å². The largest absolute Gasteiger partial charge is 0.390 e. The van der Waals surface area contributed by atoms with Gasteiger partial charge in [-0.2, -0.15) is 0 Å². The maximum absolute atomic E-state index is 13.0. The molecule has 4 N–H and O–H groups in total. The van der Waals surface area contributed by atoms with Crippen LogP contribution in [0.2, 0.25) is 0 Å². The second-order valence-electron chi connectivity index (χ2n) is 8.99. The number of carbonyl (C=O) groups is 2. The maximum atomic E-state index is 13.0. The zero-order valence-corrected chi connectivity index (χ0v) is 22.9. The highest BCUT2D eigenvalue weighted by Crippen LogP contribution is 2.22. The lowest BCUT2D eigenvalue weighted by atomic mass is 9.90. The molecule has 12 heteroatoms. The lowest BCUT2D eigenvalue weighted by molar-refractivity contribution is -0.131. The van der Waals surface area contributed by atoms with Gasteiger partial charge in [-0.05, 0) is 17.5 Å². The Morgan fingerprint density at radius 3 is 2.16 bits per heavy atom. The van der Waals surface area contributed by atoms with Crippen molar-refractivity contribution >= 4 is 38.3 Å². The number of sulfonamides is 1. The fourth-order valence-electron chi connectivity index (χ4n) is 3.66. The third kappa shape index (κ3) is 7.84. The van der Waals surface area contributed by atoms with Gasteiger partial charge in [-0.1, -0.05) is 67.6 Å². The highest BCUT2D eigenvalue weighted by atomic mass is 32.2. The number of anilines is 1. The smallest absolute Gasteiger partial charge is 0.271 e. The van der Waals surface area contributed by atoms with E-state index in [-0.39, 0.29) is 23.8 Å². The van der Waals surface area contributed by atoms with Gasteiger partial charge in [0.1, 0.15) is 11.8 Å². The van der Waals surface area contributed by atoms with E-state index in [4.69, 9.17) is 0 Å². The van der Waals surface area contributed by atoms with Crippen molar-refractivity contribution in [2.45, 2.75) is 38.1 Å². The summed E-state index contributed by atoms with van der Waals surface area (Å²) in [5.41, 5.74) is 1.65. The normalized spacial score (nSPS) is 14.7. The quantitative estimate of drug-likeness (QED) is 0.263. The molecule has 0 spiro atoms. The minimum absolute atomic E-state index is 0.0334. The average molecular weight is 561 g/mol. The number of nitrogens with one attached hydrogen (secondary N) is 2. The number of aromatic nitrogens is 1. The van der Waals surface area contributed by atoms with Crippen molar-refractivity contribution in [1.29, 1.82) is 0 Å². The van der Waals surface area contributed by atoms with E-state index in [1.54, 1.807) is 0 Å². The van der Waals surface area contributed by atoms with Crippen molar-refractivity contribution < 1.29 is 28.2 Å². The first-order chi connectivity index (χ1) is 18.0. The second kappa shape index (κ2) is 13.0. The molecular formula is C26H32N4O6S2. The lowest BCUT2D eigenvalue weighted by Gasteiger charge is -2.30. The molecule has 1 aromatic heterocycles. The Morgan fingerprint density at radius 1 is 1.00 bits per heavy atom. The molecule has 3 aromatic rings. The van der Waals surface area contributed by atoms with E-state index in [2.05, 4.69) is 15.6 Å². The van der Waals surface area contributed by atoms with Gasteiger partial charge in [-0.3, -0.25) is 9.59 Å². The third-order valence-corrected chi connectivity index (χ3v) is 8.30. The summed E-state index contributed by atoms with van der Waals surface area (Å²) < 4.78 is 24.6. The molecule has 0 aliphatic carbocycles. The molecule has 0 saturated heterocycles. The van der Waals surface area contributed by atoms with Crippen molar-refractivity contribution in [2.75, 3.05) is 17.6 Å². The summed E-state index contributed by atoms with van der Waals surface area (Å²) in [6.07, 6.45) is -1.78. The Morgan fingerprint density at radius 2 is 1.58 bits per heavy atom. The molecule has 0 aliphatic heterocycles.